The SMILES string of the molecule is CC(Cc1ccncc1)C(=O)NC(CCO)c1ccc(Br)cc1. The van der Waals surface area contributed by atoms with Crippen molar-refractivity contribution in [1.82, 2.24) is 10.3 Å². The number of carbonyl (C=O) groups excluding carboxylic acids is 1. The van der Waals surface area contributed by atoms with Gasteiger partial charge < -0.3 is 10.4 Å². The van der Waals surface area contributed by atoms with Gasteiger partial charge in [0.1, 0.15) is 0 Å². The second-order valence-corrected chi connectivity index (χ2v) is 6.50. The Morgan fingerprint density at radius 3 is 2.48 bits per heavy atom. The van der Waals surface area contributed by atoms with Gasteiger partial charge >= 0.3 is 0 Å². The number of aromatic nitrogens is 1. The minimum Gasteiger partial charge on any atom is -0.396 e. The number of halogens is 1. The minimum atomic E-state index is -0.180. The lowest BCUT2D eigenvalue weighted by Crippen LogP contribution is -2.34. The third-order valence-electron chi connectivity index (χ3n) is 3.75. The third-order valence-corrected chi connectivity index (χ3v) is 4.27. The molecule has 1 aromatic carbocycles. The lowest BCUT2D eigenvalue weighted by Gasteiger charge is -2.21. The lowest BCUT2D eigenvalue weighted by molar-refractivity contribution is -0.125. The van der Waals surface area contributed by atoms with E-state index >= 15 is 0 Å². The predicted octanol–water partition coefficient (Wildman–Crippen LogP) is 3.26. The average Bonchev–Trinajstić information content (AvgIpc) is 2.56. The maximum absolute atomic E-state index is 12.5. The smallest absolute Gasteiger partial charge is 0.223 e. The molecule has 0 fully saturated rings. The largest absolute Gasteiger partial charge is 0.396 e. The Hall–Kier alpha value is -1.72. The van der Waals surface area contributed by atoms with Crippen molar-refractivity contribution >= 4 is 21.8 Å². The highest BCUT2D eigenvalue weighted by atomic mass is 79.9. The number of rotatable bonds is 7. The minimum absolute atomic E-state index is 0.0109. The number of hydrogen-bond acceptors (Lipinski definition) is 3. The molecule has 5 heteroatoms. The van der Waals surface area contributed by atoms with Crippen LogP contribution in [-0.2, 0) is 11.2 Å². The van der Waals surface area contributed by atoms with E-state index in [1.807, 2.05) is 43.3 Å². The second kappa shape index (κ2) is 8.79. The Balaban J connectivity index is 2.01. The molecule has 2 atom stereocenters. The molecule has 4 nitrogen and oxygen atoms in total. The first-order valence-electron chi connectivity index (χ1n) is 7.65. The van der Waals surface area contributed by atoms with Gasteiger partial charge in [0.15, 0.2) is 0 Å². The molecule has 1 aromatic heterocycles. The van der Waals surface area contributed by atoms with Gasteiger partial charge in [-0.05, 0) is 48.2 Å². The maximum atomic E-state index is 12.5. The fraction of sp³-hybridized carbons (Fsp3) is 0.333. The van der Waals surface area contributed by atoms with Crippen LogP contribution in [0.3, 0.4) is 0 Å². The molecule has 2 rings (SSSR count). The Bertz CT molecular complexity index is 617. The van der Waals surface area contributed by atoms with Crippen LogP contribution < -0.4 is 5.32 Å². The molecule has 0 radical (unpaired) electrons. The number of nitrogens with zero attached hydrogens (tertiary/aromatic N) is 1. The summed E-state index contributed by atoms with van der Waals surface area (Å²) in [5.74, 6) is -0.155. The summed E-state index contributed by atoms with van der Waals surface area (Å²) in [7, 11) is 0. The van der Waals surface area contributed by atoms with Gasteiger partial charge in [-0.15, -0.1) is 0 Å². The van der Waals surface area contributed by atoms with Crippen LogP contribution in [0.4, 0.5) is 0 Å². The summed E-state index contributed by atoms with van der Waals surface area (Å²) < 4.78 is 0.987. The number of amides is 1. The molecule has 23 heavy (non-hydrogen) atoms. The van der Waals surface area contributed by atoms with Crippen LogP contribution in [0.15, 0.2) is 53.3 Å². The van der Waals surface area contributed by atoms with Crippen LogP contribution in [0.5, 0.6) is 0 Å². The van der Waals surface area contributed by atoms with E-state index in [2.05, 4.69) is 26.2 Å². The molecule has 2 aromatic rings. The highest BCUT2D eigenvalue weighted by Crippen LogP contribution is 2.20. The molecule has 0 bridgehead atoms. The Kier molecular flexibility index (Phi) is 6.74. The molecule has 0 saturated heterocycles. The first-order chi connectivity index (χ1) is 11.1. The molecule has 0 aliphatic heterocycles. The van der Waals surface area contributed by atoms with Gasteiger partial charge in [0.2, 0.25) is 5.91 Å². The molecule has 0 saturated carbocycles. The number of hydrogen-bond donors (Lipinski definition) is 2. The van der Waals surface area contributed by atoms with Crippen LogP contribution >= 0.6 is 15.9 Å². The molecule has 122 valence electrons. The van der Waals surface area contributed by atoms with Gasteiger partial charge in [-0.3, -0.25) is 9.78 Å². The highest BCUT2D eigenvalue weighted by molar-refractivity contribution is 9.10. The van der Waals surface area contributed by atoms with Crippen molar-refractivity contribution in [2.75, 3.05) is 6.61 Å². The van der Waals surface area contributed by atoms with Crippen molar-refractivity contribution in [3.63, 3.8) is 0 Å². The van der Waals surface area contributed by atoms with E-state index in [1.165, 1.54) is 0 Å². The van der Waals surface area contributed by atoms with E-state index in [4.69, 9.17) is 0 Å². The zero-order chi connectivity index (χ0) is 16.7. The third kappa shape index (κ3) is 5.44. The zero-order valence-electron chi connectivity index (χ0n) is 13.1. The van der Waals surface area contributed by atoms with Gasteiger partial charge in [0.25, 0.3) is 0 Å². The molecule has 2 N–H and O–H groups in total. The molecular formula is C18H21BrN2O2. The summed E-state index contributed by atoms with van der Waals surface area (Å²) in [6.45, 7) is 1.94. The summed E-state index contributed by atoms with van der Waals surface area (Å²) >= 11 is 3.40. The van der Waals surface area contributed by atoms with Crippen molar-refractivity contribution in [1.29, 1.82) is 0 Å². The Morgan fingerprint density at radius 1 is 1.22 bits per heavy atom. The van der Waals surface area contributed by atoms with Gasteiger partial charge in [-0.2, -0.15) is 0 Å². The number of aliphatic hydroxyl groups excluding tert-OH is 1. The molecule has 2 unspecified atom stereocenters. The van der Waals surface area contributed by atoms with Gasteiger partial charge in [0, 0.05) is 29.4 Å². The van der Waals surface area contributed by atoms with E-state index in [0.29, 0.717) is 12.8 Å². The molecule has 1 amide bonds. The molecular weight excluding hydrogens is 356 g/mol. The molecule has 0 spiro atoms. The monoisotopic (exact) mass is 376 g/mol. The van der Waals surface area contributed by atoms with E-state index in [1.54, 1.807) is 12.4 Å². The summed E-state index contributed by atoms with van der Waals surface area (Å²) in [4.78, 5) is 16.4. The van der Waals surface area contributed by atoms with Gasteiger partial charge in [-0.1, -0.05) is 35.0 Å². The van der Waals surface area contributed by atoms with Crippen LogP contribution in [0, 0.1) is 5.92 Å². The summed E-state index contributed by atoms with van der Waals surface area (Å²) in [6, 6.07) is 11.4. The topological polar surface area (TPSA) is 62.2 Å². The molecule has 0 aliphatic rings. The van der Waals surface area contributed by atoms with Crippen LogP contribution in [0.25, 0.3) is 0 Å². The van der Waals surface area contributed by atoms with Crippen molar-refractivity contribution in [2.24, 2.45) is 5.92 Å². The number of aliphatic hydroxyl groups is 1. The normalized spacial score (nSPS) is 13.3. The summed E-state index contributed by atoms with van der Waals surface area (Å²) in [6.07, 6.45) is 4.63. The molecule has 1 heterocycles. The average molecular weight is 377 g/mol. The quantitative estimate of drug-likeness (QED) is 0.779. The van der Waals surface area contributed by atoms with Crippen LogP contribution in [-0.4, -0.2) is 22.6 Å². The number of carbonyl (C=O) groups is 1. The van der Waals surface area contributed by atoms with Crippen LogP contribution in [0.1, 0.15) is 30.5 Å². The van der Waals surface area contributed by atoms with Crippen LogP contribution in [0.2, 0.25) is 0 Å². The first-order valence-corrected chi connectivity index (χ1v) is 8.45. The maximum Gasteiger partial charge on any atom is 0.223 e. The molecule has 0 aliphatic carbocycles. The predicted molar refractivity (Wildman–Crippen MR) is 93.8 cm³/mol. The second-order valence-electron chi connectivity index (χ2n) is 5.59. The fourth-order valence-electron chi connectivity index (χ4n) is 2.43. The van der Waals surface area contributed by atoms with Crippen molar-refractivity contribution in [3.05, 3.63) is 64.4 Å². The summed E-state index contributed by atoms with van der Waals surface area (Å²) in [5, 5.41) is 12.3. The zero-order valence-corrected chi connectivity index (χ0v) is 14.7. The number of benzene rings is 1. The standard InChI is InChI=1S/C18H21BrN2O2/c1-13(12-14-6-9-20-10-7-14)18(23)21-17(8-11-22)15-2-4-16(19)5-3-15/h2-7,9-10,13,17,22H,8,11-12H2,1H3,(H,21,23). The number of pyridine rings is 1. The lowest BCUT2D eigenvalue weighted by atomic mass is 9.99. The Labute approximate surface area is 145 Å². The van der Waals surface area contributed by atoms with Gasteiger partial charge in [0.05, 0.1) is 6.04 Å². The van der Waals surface area contributed by atoms with Gasteiger partial charge in [-0.25, -0.2) is 0 Å². The van der Waals surface area contributed by atoms with Crippen molar-refractivity contribution < 1.29 is 9.90 Å². The van der Waals surface area contributed by atoms with E-state index < -0.39 is 0 Å². The summed E-state index contributed by atoms with van der Waals surface area (Å²) in [5.41, 5.74) is 2.08. The fourth-order valence-corrected chi connectivity index (χ4v) is 2.69. The first kappa shape index (κ1) is 17.6. The van der Waals surface area contributed by atoms with Crippen molar-refractivity contribution in [3.8, 4) is 0 Å². The highest BCUT2D eigenvalue weighted by Gasteiger charge is 2.19. The number of nitrogens with one attached hydrogen (secondary N) is 1. The van der Waals surface area contributed by atoms with E-state index in [0.717, 1.165) is 15.6 Å². The van der Waals surface area contributed by atoms with Crippen molar-refractivity contribution in [2.45, 2.75) is 25.8 Å². The van der Waals surface area contributed by atoms with E-state index in [-0.39, 0.29) is 24.5 Å². The Morgan fingerprint density at radius 2 is 1.87 bits per heavy atom. The van der Waals surface area contributed by atoms with E-state index in [9.17, 15) is 9.90 Å².